The number of piperazine rings is 1. The van der Waals surface area contributed by atoms with Crippen molar-refractivity contribution >= 4 is 11.7 Å². The van der Waals surface area contributed by atoms with Crippen LogP contribution in [0.25, 0.3) is 0 Å². The van der Waals surface area contributed by atoms with E-state index >= 15 is 0 Å². The lowest BCUT2D eigenvalue weighted by molar-refractivity contribution is -0.133. The molecule has 1 amide bonds. The zero-order chi connectivity index (χ0) is 21.5. The summed E-state index contributed by atoms with van der Waals surface area (Å²) in [6.07, 6.45) is 0. The van der Waals surface area contributed by atoms with Gasteiger partial charge >= 0.3 is 0 Å². The second-order valence-corrected chi connectivity index (χ2v) is 6.98. The van der Waals surface area contributed by atoms with E-state index in [0.29, 0.717) is 49.3 Å². The summed E-state index contributed by atoms with van der Waals surface area (Å²) < 4.78 is 16.5. The molecule has 1 aromatic heterocycles. The van der Waals surface area contributed by atoms with Gasteiger partial charge in [-0.15, -0.1) is 10.2 Å². The van der Waals surface area contributed by atoms with Gasteiger partial charge in [0.25, 0.3) is 5.91 Å². The zero-order valence-corrected chi connectivity index (χ0v) is 17.3. The van der Waals surface area contributed by atoms with E-state index in [-0.39, 0.29) is 12.5 Å². The van der Waals surface area contributed by atoms with Gasteiger partial charge in [0.2, 0.25) is 5.88 Å². The molecule has 1 fully saturated rings. The van der Waals surface area contributed by atoms with Crippen LogP contribution < -0.4 is 19.1 Å². The molecule has 0 atom stereocenters. The predicted octanol–water partition coefficient (Wildman–Crippen LogP) is 3.01. The number of anilines is 1. The maximum absolute atomic E-state index is 12.5. The molecule has 2 heterocycles. The Morgan fingerprint density at radius 2 is 1.61 bits per heavy atom. The molecule has 0 saturated carbocycles. The maximum atomic E-state index is 12.5. The summed E-state index contributed by atoms with van der Waals surface area (Å²) in [5, 5.41) is 8.43. The van der Waals surface area contributed by atoms with Crippen molar-refractivity contribution in [2.45, 2.75) is 0 Å². The smallest absolute Gasteiger partial charge is 0.260 e. The van der Waals surface area contributed by atoms with Crippen LogP contribution in [-0.4, -0.2) is 60.9 Å². The molecule has 4 rings (SSSR count). The Labute approximate surface area is 181 Å². The summed E-state index contributed by atoms with van der Waals surface area (Å²) in [5.74, 6) is 3.19. The number of rotatable bonds is 7. The van der Waals surface area contributed by atoms with Crippen LogP contribution in [0, 0.1) is 0 Å². The highest BCUT2D eigenvalue weighted by Gasteiger charge is 2.22. The molecule has 0 spiro atoms. The van der Waals surface area contributed by atoms with E-state index in [1.807, 2.05) is 48.5 Å². The molecule has 1 saturated heterocycles. The summed E-state index contributed by atoms with van der Waals surface area (Å²) in [6.45, 7) is 2.56. The van der Waals surface area contributed by atoms with Crippen LogP contribution in [0.3, 0.4) is 0 Å². The van der Waals surface area contributed by atoms with Crippen LogP contribution in [0.1, 0.15) is 0 Å². The average Bonchev–Trinajstić information content (AvgIpc) is 2.84. The average molecular weight is 420 g/mol. The first-order valence-corrected chi connectivity index (χ1v) is 10.1. The SMILES string of the molecule is COc1cccc(OCC(=O)N2CCN(c3ccc(Oc4ccccc4)nn3)CC2)c1. The number of carbonyl (C=O) groups excluding carboxylic acids is 1. The molecule has 1 aliphatic heterocycles. The molecule has 0 bridgehead atoms. The predicted molar refractivity (Wildman–Crippen MR) is 116 cm³/mol. The molecular formula is C23H24N4O4. The Balaban J connectivity index is 1.25. The second-order valence-electron chi connectivity index (χ2n) is 6.98. The van der Waals surface area contributed by atoms with E-state index in [0.717, 1.165) is 5.82 Å². The molecule has 0 radical (unpaired) electrons. The third-order valence-corrected chi connectivity index (χ3v) is 4.95. The van der Waals surface area contributed by atoms with Crippen molar-refractivity contribution in [3.8, 4) is 23.1 Å². The fourth-order valence-electron chi connectivity index (χ4n) is 3.26. The van der Waals surface area contributed by atoms with Crippen molar-refractivity contribution < 1.29 is 19.0 Å². The number of benzene rings is 2. The first-order valence-electron chi connectivity index (χ1n) is 10.1. The second kappa shape index (κ2) is 9.80. The molecule has 0 unspecified atom stereocenters. The van der Waals surface area contributed by atoms with E-state index in [1.54, 1.807) is 30.2 Å². The van der Waals surface area contributed by atoms with Crippen LogP contribution in [0.4, 0.5) is 5.82 Å². The number of aromatic nitrogens is 2. The molecule has 2 aromatic carbocycles. The largest absolute Gasteiger partial charge is 0.497 e. The number of amides is 1. The minimum Gasteiger partial charge on any atom is -0.497 e. The lowest BCUT2D eigenvalue weighted by atomic mass is 10.3. The van der Waals surface area contributed by atoms with Gasteiger partial charge in [0.1, 0.15) is 17.2 Å². The van der Waals surface area contributed by atoms with Crippen LogP contribution in [-0.2, 0) is 4.79 Å². The van der Waals surface area contributed by atoms with Gasteiger partial charge in [0, 0.05) is 38.3 Å². The van der Waals surface area contributed by atoms with Gasteiger partial charge in [-0.05, 0) is 30.3 Å². The highest BCUT2D eigenvalue weighted by molar-refractivity contribution is 5.78. The van der Waals surface area contributed by atoms with E-state index in [1.165, 1.54) is 0 Å². The third-order valence-electron chi connectivity index (χ3n) is 4.95. The minimum atomic E-state index is -0.0415. The Bertz CT molecular complexity index is 990. The molecule has 8 heteroatoms. The number of para-hydroxylation sites is 1. The van der Waals surface area contributed by atoms with Gasteiger partial charge < -0.3 is 24.0 Å². The Kier molecular flexibility index (Phi) is 6.47. The molecule has 160 valence electrons. The van der Waals surface area contributed by atoms with E-state index in [2.05, 4.69) is 15.1 Å². The number of carbonyl (C=O) groups is 1. The number of ether oxygens (including phenoxy) is 3. The quantitative estimate of drug-likeness (QED) is 0.581. The van der Waals surface area contributed by atoms with Gasteiger partial charge in [0.15, 0.2) is 12.4 Å². The fraction of sp³-hybridized carbons (Fsp3) is 0.261. The highest BCUT2D eigenvalue weighted by atomic mass is 16.5. The maximum Gasteiger partial charge on any atom is 0.260 e. The first-order chi connectivity index (χ1) is 15.2. The molecule has 0 aliphatic carbocycles. The molecule has 0 N–H and O–H groups in total. The van der Waals surface area contributed by atoms with Crippen LogP contribution in [0.5, 0.6) is 23.1 Å². The van der Waals surface area contributed by atoms with Gasteiger partial charge in [-0.25, -0.2) is 0 Å². The number of nitrogens with zero attached hydrogens (tertiary/aromatic N) is 4. The number of hydrogen-bond donors (Lipinski definition) is 0. The molecule has 1 aliphatic rings. The lowest BCUT2D eigenvalue weighted by Gasteiger charge is -2.35. The van der Waals surface area contributed by atoms with Crippen LogP contribution in [0.15, 0.2) is 66.7 Å². The fourth-order valence-corrected chi connectivity index (χ4v) is 3.26. The minimum absolute atomic E-state index is 0.00149. The van der Waals surface area contributed by atoms with Crippen molar-refractivity contribution in [2.24, 2.45) is 0 Å². The van der Waals surface area contributed by atoms with Crippen molar-refractivity contribution in [3.63, 3.8) is 0 Å². The van der Waals surface area contributed by atoms with Gasteiger partial charge in [-0.3, -0.25) is 4.79 Å². The van der Waals surface area contributed by atoms with Crippen LogP contribution in [0.2, 0.25) is 0 Å². The first kappa shape index (κ1) is 20.5. The Morgan fingerprint density at radius 1 is 0.871 bits per heavy atom. The van der Waals surface area contributed by atoms with Crippen LogP contribution >= 0.6 is 0 Å². The van der Waals surface area contributed by atoms with E-state index < -0.39 is 0 Å². The van der Waals surface area contributed by atoms with Crippen molar-refractivity contribution in [3.05, 3.63) is 66.7 Å². The molecule has 8 nitrogen and oxygen atoms in total. The number of methoxy groups -OCH3 is 1. The monoisotopic (exact) mass is 420 g/mol. The van der Waals surface area contributed by atoms with Gasteiger partial charge in [0.05, 0.1) is 7.11 Å². The summed E-state index contributed by atoms with van der Waals surface area (Å²) in [7, 11) is 1.60. The normalized spacial score (nSPS) is 13.6. The zero-order valence-electron chi connectivity index (χ0n) is 17.3. The van der Waals surface area contributed by atoms with E-state index in [9.17, 15) is 4.79 Å². The van der Waals surface area contributed by atoms with Gasteiger partial charge in [-0.2, -0.15) is 0 Å². The highest BCUT2D eigenvalue weighted by Crippen LogP contribution is 2.21. The van der Waals surface area contributed by atoms with Crippen molar-refractivity contribution in [2.75, 3.05) is 44.8 Å². The van der Waals surface area contributed by atoms with E-state index in [4.69, 9.17) is 14.2 Å². The topological polar surface area (TPSA) is 77.0 Å². The van der Waals surface area contributed by atoms with Crippen molar-refractivity contribution in [1.82, 2.24) is 15.1 Å². The third kappa shape index (κ3) is 5.42. The Morgan fingerprint density at radius 3 is 2.32 bits per heavy atom. The lowest BCUT2D eigenvalue weighted by Crippen LogP contribution is -2.50. The Hall–Kier alpha value is -3.81. The summed E-state index contributed by atoms with van der Waals surface area (Å²) in [4.78, 5) is 16.4. The molecular weight excluding hydrogens is 396 g/mol. The molecule has 3 aromatic rings. The van der Waals surface area contributed by atoms with Gasteiger partial charge in [-0.1, -0.05) is 24.3 Å². The molecule has 31 heavy (non-hydrogen) atoms. The van der Waals surface area contributed by atoms with Crippen molar-refractivity contribution in [1.29, 1.82) is 0 Å². The summed E-state index contributed by atoms with van der Waals surface area (Å²) in [6, 6.07) is 20.4. The summed E-state index contributed by atoms with van der Waals surface area (Å²) in [5.41, 5.74) is 0. The standard InChI is InChI=1S/C23H24N4O4/c1-29-19-8-5-9-20(16-19)30-17-23(28)27-14-12-26(13-15-27)21-10-11-22(25-24-21)31-18-6-3-2-4-7-18/h2-11,16H,12-15,17H2,1H3. The number of hydrogen-bond acceptors (Lipinski definition) is 7. The summed E-state index contributed by atoms with van der Waals surface area (Å²) >= 11 is 0.